The quantitative estimate of drug-likeness (QED) is 0.344. The Hall–Kier alpha value is -4.41. The van der Waals surface area contributed by atoms with Gasteiger partial charge in [0.05, 0.1) is 10.6 Å². The first-order chi connectivity index (χ1) is 13.8. The van der Waals surface area contributed by atoms with Gasteiger partial charge in [0.2, 0.25) is 6.79 Å². The number of nitro groups is 1. The van der Waals surface area contributed by atoms with Crippen LogP contribution >= 0.6 is 0 Å². The number of fused-ring (bicyclic) bond motifs is 1. The van der Waals surface area contributed by atoms with Gasteiger partial charge >= 0.3 is 6.03 Å². The normalized spacial score (nSPS) is 16.9. The zero-order valence-electron chi connectivity index (χ0n) is 14.4. The van der Waals surface area contributed by atoms with E-state index in [1.165, 1.54) is 18.2 Å². The van der Waals surface area contributed by atoms with E-state index in [0.717, 1.165) is 24.3 Å². The van der Waals surface area contributed by atoms with Gasteiger partial charge in [-0.05, 0) is 24.3 Å². The number of nitrogens with one attached hydrogen (secondary N) is 1. The van der Waals surface area contributed by atoms with Crippen LogP contribution < -0.4 is 19.7 Å². The highest BCUT2D eigenvalue weighted by molar-refractivity contribution is 6.39. The molecule has 4 amide bonds. The predicted molar refractivity (Wildman–Crippen MR) is 96.3 cm³/mol. The highest BCUT2D eigenvalue weighted by Gasteiger charge is 2.37. The Bertz CT molecular complexity index is 1120. The molecule has 0 atom stereocenters. The van der Waals surface area contributed by atoms with Crippen LogP contribution in [0.2, 0.25) is 0 Å². The number of aromatic hydroxyl groups is 1. The number of urea groups is 1. The molecule has 2 aromatic rings. The summed E-state index contributed by atoms with van der Waals surface area (Å²) in [6, 6.07) is 6.51. The molecule has 0 saturated carbocycles. The average molecular weight is 397 g/mol. The minimum atomic E-state index is -0.997. The van der Waals surface area contributed by atoms with Crippen LogP contribution in [0.1, 0.15) is 5.56 Å². The highest BCUT2D eigenvalue weighted by atomic mass is 16.7. The van der Waals surface area contributed by atoms with Crippen LogP contribution in [0.5, 0.6) is 17.2 Å². The minimum absolute atomic E-state index is 0.00533. The van der Waals surface area contributed by atoms with Crippen LogP contribution in [-0.4, -0.2) is 34.7 Å². The Morgan fingerprint density at radius 2 is 1.86 bits per heavy atom. The van der Waals surface area contributed by atoms with Crippen LogP contribution in [-0.2, 0) is 9.59 Å². The summed E-state index contributed by atoms with van der Waals surface area (Å²) < 4.78 is 10.4. The standard InChI is InChI=1S/C18H11N3O8/c22-13-3-1-11(21(26)27)5-9(13)6-12-16(23)19-18(25)20(17(12)24)10-2-4-14-15(7-10)29-8-28-14/h1-7,22H,8H2,(H,19,23,25)/b12-6+. The number of nitrogens with zero attached hydrogens (tertiary/aromatic N) is 2. The molecule has 0 aliphatic carbocycles. The molecule has 0 unspecified atom stereocenters. The third-order valence-corrected chi connectivity index (χ3v) is 4.24. The number of phenols is 1. The minimum Gasteiger partial charge on any atom is -0.507 e. The van der Waals surface area contributed by atoms with Crippen LogP contribution in [0.25, 0.3) is 6.08 Å². The first-order valence-corrected chi connectivity index (χ1v) is 8.13. The molecular formula is C18H11N3O8. The van der Waals surface area contributed by atoms with E-state index in [9.17, 15) is 29.6 Å². The fourth-order valence-corrected chi connectivity index (χ4v) is 2.84. The fraction of sp³-hybridized carbons (Fsp3) is 0.0556. The van der Waals surface area contributed by atoms with Gasteiger partial charge in [-0.25, -0.2) is 9.69 Å². The first kappa shape index (κ1) is 18.0. The van der Waals surface area contributed by atoms with Crippen LogP contribution in [0, 0.1) is 10.1 Å². The Morgan fingerprint density at radius 1 is 1.10 bits per heavy atom. The van der Waals surface area contributed by atoms with Gasteiger partial charge in [0.1, 0.15) is 11.3 Å². The molecule has 1 fully saturated rings. The van der Waals surface area contributed by atoms with Gasteiger partial charge in [-0.15, -0.1) is 0 Å². The maximum Gasteiger partial charge on any atom is 0.335 e. The third-order valence-electron chi connectivity index (χ3n) is 4.24. The number of hydrogen-bond acceptors (Lipinski definition) is 8. The van der Waals surface area contributed by atoms with Crippen molar-refractivity contribution in [3.63, 3.8) is 0 Å². The number of amides is 4. The lowest BCUT2D eigenvalue weighted by Gasteiger charge is -2.26. The second-order valence-corrected chi connectivity index (χ2v) is 6.00. The number of ether oxygens (including phenoxy) is 2. The van der Waals surface area contributed by atoms with Crippen molar-refractivity contribution in [2.24, 2.45) is 0 Å². The summed E-state index contributed by atoms with van der Waals surface area (Å²) in [5.74, 6) is -1.59. The molecule has 0 spiro atoms. The first-order valence-electron chi connectivity index (χ1n) is 8.13. The zero-order chi connectivity index (χ0) is 20.7. The maximum atomic E-state index is 12.9. The molecule has 0 radical (unpaired) electrons. The zero-order valence-corrected chi connectivity index (χ0v) is 14.4. The summed E-state index contributed by atoms with van der Waals surface area (Å²) >= 11 is 0. The summed E-state index contributed by atoms with van der Waals surface area (Å²) in [4.78, 5) is 48.3. The fourth-order valence-electron chi connectivity index (χ4n) is 2.84. The van der Waals surface area contributed by atoms with Gasteiger partial charge in [0.25, 0.3) is 17.5 Å². The second-order valence-electron chi connectivity index (χ2n) is 6.00. The molecule has 2 aromatic carbocycles. The van der Waals surface area contributed by atoms with E-state index < -0.39 is 28.3 Å². The number of phenolic OH excluding ortho intramolecular Hbond substituents is 1. The van der Waals surface area contributed by atoms with Gasteiger partial charge in [0, 0.05) is 23.8 Å². The maximum absolute atomic E-state index is 12.9. The number of anilines is 1. The number of rotatable bonds is 3. The third kappa shape index (κ3) is 3.10. The average Bonchev–Trinajstić information content (AvgIpc) is 3.14. The van der Waals surface area contributed by atoms with Gasteiger partial charge in [-0.3, -0.25) is 25.0 Å². The van der Waals surface area contributed by atoms with Crippen LogP contribution in [0.15, 0.2) is 42.0 Å². The van der Waals surface area contributed by atoms with Crippen molar-refractivity contribution in [1.29, 1.82) is 0 Å². The summed E-state index contributed by atoms with van der Waals surface area (Å²) in [6.07, 6.45) is 0.979. The SMILES string of the molecule is O=C1NC(=O)N(c2ccc3c(c2)OCO3)C(=O)/C1=C/c1cc([N+](=O)[O-])ccc1O. The Labute approximate surface area is 161 Å². The Balaban J connectivity index is 1.75. The number of imide groups is 2. The Morgan fingerprint density at radius 3 is 2.62 bits per heavy atom. The van der Waals surface area contributed by atoms with E-state index in [0.29, 0.717) is 16.4 Å². The molecule has 146 valence electrons. The molecule has 29 heavy (non-hydrogen) atoms. The molecule has 11 heteroatoms. The molecule has 2 aliphatic rings. The number of hydrogen-bond donors (Lipinski definition) is 2. The molecule has 1 saturated heterocycles. The van der Waals surface area contributed by atoms with Crippen molar-refractivity contribution in [3.05, 3.63) is 57.6 Å². The lowest BCUT2D eigenvalue weighted by atomic mass is 10.1. The lowest BCUT2D eigenvalue weighted by Crippen LogP contribution is -2.54. The van der Waals surface area contributed by atoms with Crippen molar-refractivity contribution < 1.29 is 33.9 Å². The van der Waals surface area contributed by atoms with Crippen molar-refractivity contribution >= 4 is 35.3 Å². The van der Waals surface area contributed by atoms with E-state index in [1.54, 1.807) is 0 Å². The van der Waals surface area contributed by atoms with E-state index in [2.05, 4.69) is 0 Å². The number of non-ortho nitro benzene ring substituents is 1. The van der Waals surface area contributed by atoms with Crippen molar-refractivity contribution in [1.82, 2.24) is 5.32 Å². The molecule has 2 aliphatic heterocycles. The Kier molecular flexibility index (Phi) is 4.11. The topological polar surface area (TPSA) is 148 Å². The van der Waals surface area contributed by atoms with Crippen LogP contribution in [0.4, 0.5) is 16.2 Å². The summed E-state index contributed by atoms with van der Waals surface area (Å²) in [5.41, 5.74) is -0.837. The highest BCUT2D eigenvalue weighted by Crippen LogP contribution is 2.36. The summed E-state index contributed by atoms with van der Waals surface area (Å²) in [7, 11) is 0. The number of benzene rings is 2. The molecule has 11 nitrogen and oxygen atoms in total. The molecule has 4 rings (SSSR count). The number of carbonyl (C=O) groups excluding carboxylic acids is 3. The van der Waals surface area contributed by atoms with Crippen molar-refractivity contribution in [2.75, 3.05) is 11.7 Å². The predicted octanol–water partition coefficient (Wildman–Crippen LogP) is 1.70. The molecule has 0 bridgehead atoms. The summed E-state index contributed by atoms with van der Waals surface area (Å²) in [5, 5.41) is 22.9. The van der Waals surface area contributed by atoms with Gasteiger partial charge in [0.15, 0.2) is 11.5 Å². The van der Waals surface area contributed by atoms with Crippen molar-refractivity contribution in [3.8, 4) is 17.2 Å². The number of nitro benzene ring substituents is 1. The molecule has 2 heterocycles. The van der Waals surface area contributed by atoms with E-state index >= 15 is 0 Å². The van der Waals surface area contributed by atoms with E-state index in [4.69, 9.17) is 9.47 Å². The van der Waals surface area contributed by atoms with Gasteiger partial charge < -0.3 is 14.6 Å². The molecular weight excluding hydrogens is 386 g/mol. The van der Waals surface area contributed by atoms with E-state index in [-0.39, 0.29) is 29.5 Å². The van der Waals surface area contributed by atoms with Crippen LogP contribution in [0.3, 0.4) is 0 Å². The monoisotopic (exact) mass is 397 g/mol. The summed E-state index contributed by atoms with van der Waals surface area (Å²) in [6.45, 7) is -0.00533. The molecule has 0 aromatic heterocycles. The van der Waals surface area contributed by atoms with Gasteiger partial charge in [-0.2, -0.15) is 0 Å². The second kappa shape index (κ2) is 6.64. The lowest BCUT2D eigenvalue weighted by molar-refractivity contribution is -0.384. The van der Waals surface area contributed by atoms with Gasteiger partial charge in [-0.1, -0.05) is 0 Å². The molecule has 2 N–H and O–H groups in total. The van der Waals surface area contributed by atoms with Crippen molar-refractivity contribution in [2.45, 2.75) is 0 Å². The number of carbonyl (C=O) groups is 3. The number of barbiturate groups is 1. The largest absolute Gasteiger partial charge is 0.507 e. The smallest absolute Gasteiger partial charge is 0.335 e. The van der Waals surface area contributed by atoms with E-state index in [1.807, 2.05) is 5.32 Å².